The topological polar surface area (TPSA) is 52.2 Å². The molecule has 0 bridgehead atoms. The van der Waals surface area contributed by atoms with Crippen LogP contribution in [0.3, 0.4) is 0 Å². The molecule has 1 amide bonds. The highest BCUT2D eigenvalue weighted by atomic mass is 35.5. The summed E-state index contributed by atoms with van der Waals surface area (Å²) in [5.41, 5.74) is 2.92. The van der Waals surface area contributed by atoms with Crippen molar-refractivity contribution in [2.45, 2.75) is 6.54 Å². The third-order valence-electron chi connectivity index (χ3n) is 5.09. The lowest BCUT2D eigenvalue weighted by atomic mass is 10.1. The fourth-order valence-electron chi connectivity index (χ4n) is 3.40. The predicted molar refractivity (Wildman–Crippen MR) is 122 cm³/mol. The molecule has 1 aliphatic heterocycles. The number of benzene rings is 2. The van der Waals surface area contributed by atoms with Gasteiger partial charge in [-0.2, -0.15) is 5.10 Å². The van der Waals surface area contributed by atoms with Crippen molar-refractivity contribution < 1.29 is 4.79 Å². The molecular formula is C21H18Cl4N4O. The number of piperazine rings is 1. The summed E-state index contributed by atoms with van der Waals surface area (Å²) in [6.07, 6.45) is 0. The van der Waals surface area contributed by atoms with E-state index in [1.165, 1.54) is 0 Å². The van der Waals surface area contributed by atoms with E-state index >= 15 is 0 Å². The van der Waals surface area contributed by atoms with Gasteiger partial charge >= 0.3 is 0 Å². The van der Waals surface area contributed by atoms with Crippen molar-refractivity contribution >= 4 is 52.3 Å². The van der Waals surface area contributed by atoms with Crippen molar-refractivity contribution in [3.8, 4) is 11.3 Å². The number of H-pyrrole nitrogens is 1. The molecule has 1 N–H and O–H groups in total. The summed E-state index contributed by atoms with van der Waals surface area (Å²) in [4.78, 5) is 17.0. The van der Waals surface area contributed by atoms with Gasteiger partial charge in [0.25, 0.3) is 5.91 Å². The molecule has 4 rings (SSSR count). The van der Waals surface area contributed by atoms with E-state index in [4.69, 9.17) is 46.4 Å². The zero-order valence-electron chi connectivity index (χ0n) is 15.8. The van der Waals surface area contributed by atoms with E-state index in [2.05, 4.69) is 15.1 Å². The molecule has 2 aromatic carbocycles. The number of nitrogens with zero attached hydrogens (tertiary/aromatic N) is 3. The molecule has 3 aromatic rings. The number of carbonyl (C=O) groups excluding carboxylic acids is 1. The van der Waals surface area contributed by atoms with Gasteiger partial charge < -0.3 is 4.90 Å². The van der Waals surface area contributed by atoms with Gasteiger partial charge in [0.15, 0.2) is 0 Å². The van der Waals surface area contributed by atoms with Gasteiger partial charge in [0.1, 0.15) is 5.69 Å². The molecule has 156 valence electrons. The van der Waals surface area contributed by atoms with Gasteiger partial charge in [-0.05, 0) is 35.9 Å². The first-order valence-corrected chi connectivity index (χ1v) is 10.9. The third-order valence-corrected chi connectivity index (χ3v) is 6.42. The van der Waals surface area contributed by atoms with Crippen LogP contribution < -0.4 is 0 Å². The van der Waals surface area contributed by atoms with Crippen LogP contribution in [0.1, 0.15) is 16.1 Å². The summed E-state index contributed by atoms with van der Waals surface area (Å²) in [5.74, 6) is -0.0713. The molecule has 2 heterocycles. The lowest BCUT2D eigenvalue weighted by Gasteiger charge is -2.34. The summed E-state index contributed by atoms with van der Waals surface area (Å²) in [6, 6.07) is 12.5. The molecule has 5 nitrogen and oxygen atoms in total. The Kier molecular flexibility index (Phi) is 6.56. The van der Waals surface area contributed by atoms with Crippen molar-refractivity contribution in [1.29, 1.82) is 0 Å². The summed E-state index contributed by atoms with van der Waals surface area (Å²) < 4.78 is 0. The maximum Gasteiger partial charge on any atom is 0.271 e. The minimum absolute atomic E-state index is 0.0713. The number of nitrogens with one attached hydrogen (secondary N) is 1. The standard InChI is InChI=1S/C21H18Cl4N4O/c22-15-3-1-14(17(24)10-15)12-28-5-7-29(8-6-28)21(30)20-11-19(26-27-20)13-2-4-16(23)18(25)9-13/h1-4,9-11H,5-8,12H2,(H,26,27). The van der Waals surface area contributed by atoms with Gasteiger partial charge in [-0.25, -0.2) is 0 Å². The van der Waals surface area contributed by atoms with E-state index in [0.717, 1.165) is 30.8 Å². The highest BCUT2D eigenvalue weighted by Crippen LogP contribution is 2.28. The Labute approximate surface area is 194 Å². The Bertz CT molecular complexity index is 1080. The second-order valence-electron chi connectivity index (χ2n) is 7.10. The summed E-state index contributed by atoms with van der Waals surface area (Å²) in [5, 5.41) is 9.30. The van der Waals surface area contributed by atoms with Gasteiger partial charge in [-0.15, -0.1) is 0 Å². The van der Waals surface area contributed by atoms with Crippen LogP contribution in [-0.2, 0) is 6.54 Å². The van der Waals surface area contributed by atoms with Crippen LogP contribution in [0, 0.1) is 0 Å². The highest BCUT2D eigenvalue weighted by Gasteiger charge is 2.24. The van der Waals surface area contributed by atoms with Gasteiger partial charge in [-0.1, -0.05) is 58.5 Å². The Morgan fingerprint density at radius 1 is 0.900 bits per heavy atom. The van der Waals surface area contributed by atoms with Crippen molar-refractivity contribution in [2.75, 3.05) is 26.2 Å². The molecular weight excluding hydrogens is 466 g/mol. The lowest BCUT2D eigenvalue weighted by Crippen LogP contribution is -2.48. The Hall–Kier alpha value is -1.76. The maximum atomic E-state index is 12.9. The summed E-state index contributed by atoms with van der Waals surface area (Å²) >= 11 is 24.3. The summed E-state index contributed by atoms with van der Waals surface area (Å²) in [6.45, 7) is 3.51. The number of hydrogen-bond donors (Lipinski definition) is 1. The van der Waals surface area contributed by atoms with Crippen LogP contribution >= 0.6 is 46.4 Å². The number of aromatic nitrogens is 2. The molecule has 0 radical (unpaired) electrons. The molecule has 30 heavy (non-hydrogen) atoms. The number of amides is 1. The molecule has 0 atom stereocenters. The lowest BCUT2D eigenvalue weighted by molar-refractivity contribution is 0.0622. The van der Waals surface area contributed by atoms with Crippen molar-refractivity contribution in [2.24, 2.45) is 0 Å². The predicted octanol–water partition coefficient (Wildman–Crippen LogP) is 5.65. The van der Waals surface area contributed by atoms with Crippen molar-refractivity contribution in [1.82, 2.24) is 20.0 Å². The maximum absolute atomic E-state index is 12.9. The second kappa shape index (κ2) is 9.16. The third kappa shape index (κ3) is 4.76. The molecule has 1 aliphatic rings. The van der Waals surface area contributed by atoms with Crippen molar-refractivity contribution in [3.63, 3.8) is 0 Å². The minimum Gasteiger partial charge on any atom is -0.335 e. The largest absolute Gasteiger partial charge is 0.335 e. The molecule has 1 aromatic heterocycles. The molecule has 0 unspecified atom stereocenters. The Morgan fingerprint density at radius 3 is 2.37 bits per heavy atom. The number of carbonyl (C=O) groups is 1. The molecule has 0 saturated carbocycles. The van der Waals surface area contributed by atoms with E-state index < -0.39 is 0 Å². The molecule has 1 fully saturated rings. The van der Waals surface area contributed by atoms with Gasteiger partial charge in [0.2, 0.25) is 0 Å². The van der Waals surface area contributed by atoms with Gasteiger partial charge in [0.05, 0.1) is 15.7 Å². The van der Waals surface area contributed by atoms with E-state index in [1.807, 2.05) is 23.1 Å². The zero-order chi connectivity index (χ0) is 21.3. The highest BCUT2D eigenvalue weighted by molar-refractivity contribution is 6.42. The number of hydrogen-bond acceptors (Lipinski definition) is 3. The van der Waals surface area contributed by atoms with E-state index in [9.17, 15) is 4.79 Å². The van der Waals surface area contributed by atoms with Crippen molar-refractivity contribution in [3.05, 3.63) is 73.8 Å². The first-order valence-electron chi connectivity index (χ1n) is 9.37. The summed E-state index contributed by atoms with van der Waals surface area (Å²) in [7, 11) is 0. The normalized spacial score (nSPS) is 14.9. The van der Waals surface area contributed by atoms with E-state index in [1.54, 1.807) is 24.3 Å². The van der Waals surface area contributed by atoms with Gasteiger partial charge in [0, 0.05) is 48.3 Å². The van der Waals surface area contributed by atoms with E-state index in [-0.39, 0.29) is 5.91 Å². The monoisotopic (exact) mass is 482 g/mol. The molecule has 9 heteroatoms. The van der Waals surface area contributed by atoms with Crippen LogP contribution in [0.2, 0.25) is 20.1 Å². The average molecular weight is 484 g/mol. The Morgan fingerprint density at radius 2 is 1.67 bits per heavy atom. The van der Waals surface area contributed by atoms with Crippen LogP contribution in [0.25, 0.3) is 11.3 Å². The second-order valence-corrected chi connectivity index (χ2v) is 8.76. The van der Waals surface area contributed by atoms with Gasteiger partial charge in [-0.3, -0.25) is 14.8 Å². The number of halogens is 4. The first kappa shape index (κ1) is 21.5. The fourth-order valence-corrected chi connectivity index (χ4v) is 4.17. The van der Waals surface area contributed by atoms with Crippen LogP contribution in [0.5, 0.6) is 0 Å². The average Bonchev–Trinajstić information content (AvgIpc) is 3.22. The smallest absolute Gasteiger partial charge is 0.271 e. The van der Waals surface area contributed by atoms with Crippen LogP contribution in [0.15, 0.2) is 42.5 Å². The minimum atomic E-state index is -0.0713. The van der Waals surface area contributed by atoms with Crippen LogP contribution in [-0.4, -0.2) is 52.1 Å². The number of aromatic amines is 1. The molecule has 1 saturated heterocycles. The quantitative estimate of drug-likeness (QED) is 0.521. The van der Waals surface area contributed by atoms with E-state index in [0.29, 0.717) is 44.6 Å². The zero-order valence-corrected chi connectivity index (χ0v) is 18.9. The Balaban J connectivity index is 1.37. The molecule has 0 aliphatic carbocycles. The first-order chi connectivity index (χ1) is 14.4. The molecule has 0 spiro atoms. The van der Waals surface area contributed by atoms with Crippen LogP contribution in [0.4, 0.5) is 0 Å². The fraction of sp³-hybridized carbons (Fsp3) is 0.238. The number of rotatable bonds is 4. The SMILES string of the molecule is O=C(c1cc(-c2ccc(Cl)c(Cl)c2)n[nH]1)N1CCN(Cc2ccc(Cl)cc2Cl)CC1.